The number of hydrogen-bond donors (Lipinski definition) is 4. The van der Waals surface area contributed by atoms with Crippen LogP contribution in [0.2, 0.25) is 0 Å². The van der Waals surface area contributed by atoms with Crippen molar-refractivity contribution in [2.45, 2.75) is 25.3 Å². The number of carbonyl (C=O) groups is 3. The molecule has 34 heavy (non-hydrogen) atoms. The Morgan fingerprint density at radius 3 is 2.15 bits per heavy atom. The van der Waals surface area contributed by atoms with E-state index in [1.807, 2.05) is 0 Å². The van der Waals surface area contributed by atoms with Gasteiger partial charge in [-0.05, 0) is 60.9 Å². The van der Waals surface area contributed by atoms with E-state index in [4.69, 9.17) is 15.3 Å². The molecule has 0 aliphatic heterocycles. The van der Waals surface area contributed by atoms with Crippen LogP contribution in [0.1, 0.15) is 18.4 Å². The fourth-order valence-corrected chi connectivity index (χ4v) is 4.67. The molecule has 4 aromatic rings. The van der Waals surface area contributed by atoms with Crippen molar-refractivity contribution in [2.24, 2.45) is 0 Å². The summed E-state index contributed by atoms with van der Waals surface area (Å²) in [4.78, 5) is 31.7. The Bertz CT molecular complexity index is 1300. The zero-order chi connectivity index (χ0) is 24.7. The first-order chi connectivity index (χ1) is 16.2. The minimum atomic E-state index is -1.63. The van der Waals surface area contributed by atoms with E-state index in [9.17, 15) is 14.4 Å². The number of thiophene rings is 1. The first kappa shape index (κ1) is 25.2. The summed E-state index contributed by atoms with van der Waals surface area (Å²) in [7, 11) is 0. The van der Waals surface area contributed by atoms with Crippen LogP contribution in [0.25, 0.3) is 20.2 Å². The molecule has 0 amide bonds. The van der Waals surface area contributed by atoms with Gasteiger partial charge < -0.3 is 20.6 Å². The molecule has 0 aliphatic rings. The number of carboxylic acid groups (broad SMARTS) is 3. The van der Waals surface area contributed by atoms with Crippen molar-refractivity contribution < 1.29 is 29.7 Å². The summed E-state index contributed by atoms with van der Waals surface area (Å²) in [6.07, 6.45) is 1.76. The minimum Gasteiger partial charge on any atom is -0.481 e. The Hall–Kier alpha value is -3.43. The van der Waals surface area contributed by atoms with Gasteiger partial charge in [0, 0.05) is 36.8 Å². The van der Waals surface area contributed by atoms with E-state index >= 15 is 0 Å². The molecule has 4 N–H and O–H groups in total. The minimum absolute atomic E-state index is 0.239. The molecule has 1 aromatic heterocycles. The van der Waals surface area contributed by atoms with Gasteiger partial charge in [0.05, 0.1) is 0 Å². The zero-order valence-corrected chi connectivity index (χ0v) is 20.3. The lowest BCUT2D eigenvalue weighted by atomic mass is 10.0. The quantitative estimate of drug-likeness (QED) is 0.205. The van der Waals surface area contributed by atoms with E-state index in [2.05, 4.69) is 63.7 Å². The third-order valence-corrected chi connectivity index (χ3v) is 6.63. The lowest BCUT2D eigenvalue weighted by molar-refractivity contribution is -0.148. The molecule has 4 rings (SSSR count). The molecule has 176 valence electrons. The molecule has 9 heteroatoms. The molecule has 0 fully saturated rings. The van der Waals surface area contributed by atoms with Gasteiger partial charge in [0.15, 0.2) is 0 Å². The summed E-state index contributed by atoms with van der Waals surface area (Å²) in [6.45, 7) is 0. The van der Waals surface area contributed by atoms with Gasteiger partial charge in [0.1, 0.15) is 0 Å². The largest absolute Gasteiger partial charge is 0.481 e. The van der Waals surface area contributed by atoms with Crippen LogP contribution in [0.3, 0.4) is 0 Å². The topological polar surface area (TPSA) is 124 Å². The van der Waals surface area contributed by atoms with Crippen LogP contribution >= 0.6 is 27.3 Å². The van der Waals surface area contributed by atoms with Gasteiger partial charge in [-0.25, -0.2) is 9.59 Å². The maximum absolute atomic E-state index is 10.6. The molecule has 0 aliphatic carbocycles. The molecule has 0 spiro atoms. The standard InChI is InChI=1S/C16H14O2S.C9H8BrNO4/c17-16(18)7-3-4-11-8-9-15-13(10-11)12-5-1-2-6-14(12)19-15;10-5-1-3-6(4-2-5)11-7(8(12)13)9(14)15/h1-2,5-6,8-10H,3-4,7H2,(H,17,18);1-4,7,11H,(H,12,13)(H,14,15). The first-order valence-electron chi connectivity index (χ1n) is 10.3. The summed E-state index contributed by atoms with van der Waals surface area (Å²) in [5.41, 5.74) is 1.66. The van der Waals surface area contributed by atoms with Crippen LogP contribution in [0, 0.1) is 0 Å². The predicted octanol–water partition coefficient (Wildman–Crippen LogP) is 5.86. The molecule has 0 saturated carbocycles. The molecule has 3 aromatic carbocycles. The molecular formula is C25H22BrNO6S. The number of aryl methyl sites for hydroxylation is 1. The summed E-state index contributed by atoms with van der Waals surface area (Å²) < 4.78 is 3.43. The number of aliphatic carboxylic acids is 3. The highest BCUT2D eigenvalue weighted by Gasteiger charge is 2.25. The lowest BCUT2D eigenvalue weighted by Gasteiger charge is -2.10. The second-order valence-corrected chi connectivity index (χ2v) is 9.44. The van der Waals surface area contributed by atoms with Gasteiger partial charge in [-0.2, -0.15) is 0 Å². The van der Waals surface area contributed by atoms with Crippen LogP contribution in [0.4, 0.5) is 5.69 Å². The van der Waals surface area contributed by atoms with E-state index in [1.165, 1.54) is 25.7 Å². The molecule has 7 nitrogen and oxygen atoms in total. The maximum Gasteiger partial charge on any atom is 0.337 e. The highest BCUT2D eigenvalue weighted by atomic mass is 79.9. The number of halogens is 1. The average Bonchev–Trinajstić information content (AvgIpc) is 3.16. The Morgan fingerprint density at radius 1 is 0.853 bits per heavy atom. The number of fused-ring (bicyclic) bond motifs is 3. The van der Waals surface area contributed by atoms with Crippen LogP contribution in [-0.4, -0.2) is 39.3 Å². The number of rotatable bonds is 8. The van der Waals surface area contributed by atoms with E-state index in [0.29, 0.717) is 12.1 Å². The van der Waals surface area contributed by atoms with Gasteiger partial charge in [0.25, 0.3) is 0 Å². The van der Waals surface area contributed by atoms with E-state index in [0.717, 1.165) is 10.9 Å². The first-order valence-corrected chi connectivity index (χ1v) is 11.9. The number of hydrogen-bond acceptors (Lipinski definition) is 5. The van der Waals surface area contributed by atoms with Crippen molar-refractivity contribution in [1.82, 2.24) is 0 Å². The molecule has 1 heterocycles. The fourth-order valence-electron chi connectivity index (χ4n) is 3.31. The Kier molecular flexibility index (Phi) is 8.61. The smallest absolute Gasteiger partial charge is 0.337 e. The monoisotopic (exact) mass is 543 g/mol. The molecule has 0 radical (unpaired) electrons. The van der Waals surface area contributed by atoms with Gasteiger partial charge >= 0.3 is 17.9 Å². The van der Waals surface area contributed by atoms with Crippen LogP contribution in [-0.2, 0) is 20.8 Å². The Morgan fingerprint density at radius 2 is 1.50 bits per heavy atom. The SMILES string of the molecule is O=C(O)C(Nc1ccc(Br)cc1)C(=O)O.O=C(O)CCCc1ccc2sc3ccccc3c2c1. The van der Waals surface area contributed by atoms with Gasteiger partial charge in [-0.15, -0.1) is 11.3 Å². The van der Waals surface area contributed by atoms with Crippen molar-refractivity contribution in [3.63, 3.8) is 0 Å². The number of benzene rings is 3. The van der Waals surface area contributed by atoms with Crippen molar-refractivity contribution >= 4 is 71.0 Å². The number of nitrogens with one attached hydrogen (secondary N) is 1. The zero-order valence-electron chi connectivity index (χ0n) is 17.9. The third-order valence-electron chi connectivity index (χ3n) is 4.95. The van der Waals surface area contributed by atoms with Gasteiger partial charge in [-0.3, -0.25) is 4.79 Å². The molecular weight excluding hydrogens is 522 g/mol. The Labute approximate surface area is 207 Å². The van der Waals surface area contributed by atoms with E-state index in [1.54, 1.807) is 35.6 Å². The number of anilines is 1. The van der Waals surface area contributed by atoms with Crippen LogP contribution in [0.15, 0.2) is 71.2 Å². The average molecular weight is 544 g/mol. The van der Waals surface area contributed by atoms with Crippen molar-refractivity contribution in [1.29, 1.82) is 0 Å². The summed E-state index contributed by atoms with van der Waals surface area (Å²) >= 11 is 5.01. The Balaban J connectivity index is 0.000000197. The normalized spacial score (nSPS) is 10.6. The molecule has 0 atom stereocenters. The molecule has 0 saturated heterocycles. The highest BCUT2D eigenvalue weighted by Crippen LogP contribution is 2.34. The van der Waals surface area contributed by atoms with Gasteiger partial charge in [-0.1, -0.05) is 40.2 Å². The second-order valence-electron chi connectivity index (χ2n) is 7.44. The van der Waals surface area contributed by atoms with E-state index in [-0.39, 0.29) is 6.42 Å². The summed E-state index contributed by atoms with van der Waals surface area (Å²) in [6, 6.07) is 19.8. The van der Waals surface area contributed by atoms with Crippen molar-refractivity contribution in [3.05, 3.63) is 76.8 Å². The maximum atomic E-state index is 10.6. The molecule has 0 unspecified atom stereocenters. The lowest BCUT2D eigenvalue weighted by Crippen LogP contribution is -2.37. The fraction of sp³-hybridized carbons (Fsp3) is 0.160. The number of carboxylic acids is 3. The van der Waals surface area contributed by atoms with Crippen molar-refractivity contribution in [3.8, 4) is 0 Å². The summed E-state index contributed by atoms with van der Waals surface area (Å²) in [5.74, 6) is -3.57. The van der Waals surface area contributed by atoms with Crippen LogP contribution < -0.4 is 5.32 Å². The molecule has 0 bridgehead atoms. The predicted molar refractivity (Wildman–Crippen MR) is 137 cm³/mol. The second kappa shape index (κ2) is 11.6. The summed E-state index contributed by atoms with van der Waals surface area (Å²) in [5, 5.41) is 30.9. The highest BCUT2D eigenvalue weighted by molar-refractivity contribution is 9.10. The third kappa shape index (κ3) is 6.79. The van der Waals surface area contributed by atoms with E-state index < -0.39 is 23.9 Å². The van der Waals surface area contributed by atoms with Crippen molar-refractivity contribution in [2.75, 3.05) is 5.32 Å². The van der Waals surface area contributed by atoms with Gasteiger partial charge in [0.2, 0.25) is 6.04 Å². The van der Waals surface area contributed by atoms with Crippen LogP contribution in [0.5, 0.6) is 0 Å².